The molecule has 0 fully saturated rings. The highest BCUT2D eigenvalue weighted by Gasteiger charge is 2.44. The summed E-state index contributed by atoms with van der Waals surface area (Å²) in [7, 11) is 0. The van der Waals surface area contributed by atoms with Gasteiger partial charge in [0.25, 0.3) is 11.8 Å². The third-order valence-corrected chi connectivity index (χ3v) is 4.93. The minimum Gasteiger partial charge on any atom is -0.324 e. The van der Waals surface area contributed by atoms with Crippen LogP contribution in [-0.2, 0) is 4.79 Å². The summed E-state index contributed by atoms with van der Waals surface area (Å²) in [6.07, 6.45) is 0. The molecule has 0 aromatic heterocycles. The molecular formula is C22H24N2O3. The third kappa shape index (κ3) is 3.25. The van der Waals surface area contributed by atoms with Crippen LogP contribution in [0, 0.1) is 26.7 Å². The second-order valence-corrected chi connectivity index (χ2v) is 7.48. The van der Waals surface area contributed by atoms with E-state index in [1.165, 1.54) is 0 Å². The summed E-state index contributed by atoms with van der Waals surface area (Å²) >= 11 is 0. The molecule has 2 aromatic carbocycles. The number of carbonyl (C=O) groups excluding carboxylic acids is 3. The Hall–Kier alpha value is -2.95. The van der Waals surface area contributed by atoms with E-state index >= 15 is 0 Å². The predicted molar refractivity (Wildman–Crippen MR) is 105 cm³/mol. The van der Waals surface area contributed by atoms with E-state index < -0.39 is 17.9 Å². The summed E-state index contributed by atoms with van der Waals surface area (Å²) in [4.78, 5) is 39.8. The van der Waals surface area contributed by atoms with Gasteiger partial charge in [0.15, 0.2) is 0 Å². The Kier molecular flexibility index (Phi) is 4.87. The van der Waals surface area contributed by atoms with Crippen molar-refractivity contribution in [1.82, 2.24) is 4.90 Å². The Balaban J connectivity index is 1.95. The minimum absolute atomic E-state index is 0.224. The summed E-state index contributed by atoms with van der Waals surface area (Å²) < 4.78 is 0. The molecule has 0 saturated carbocycles. The number of hydrogen-bond donors (Lipinski definition) is 1. The number of nitrogens with one attached hydrogen (secondary N) is 1. The lowest BCUT2D eigenvalue weighted by Crippen LogP contribution is -2.50. The van der Waals surface area contributed by atoms with E-state index in [4.69, 9.17) is 0 Å². The SMILES string of the molecule is Cc1cc(C)c(NC(=O)[C@H](C(C)C)N2C(=O)c3ccccc3C2=O)c(C)c1. The number of amides is 3. The third-order valence-electron chi connectivity index (χ3n) is 4.93. The molecule has 1 N–H and O–H groups in total. The average molecular weight is 364 g/mol. The first-order valence-corrected chi connectivity index (χ1v) is 9.08. The maximum Gasteiger partial charge on any atom is 0.262 e. The maximum absolute atomic E-state index is 13.1. The van der Waals surface area contributed by atoms with Crippen molar-refractivity contribution in [2.24, 2.45) is 5.92 Å². The molecule has 1 aliphatic heterocycles. The molecule has 0 bridgehead atoms. The topological polar surface area (TPSA) is 66.5 Å². The number of nitrogens with zero attached hydrogens (tertiary/aromatic N) is 1. The lowest BCUT2D eigenvalue weighted by Gasteiger charge is -2.29. The first kappa shape index (κ1) is 18.8. The number of fused-ring (bicyclic) bond motifs is 1. The molecule has 1 atom stereocenters. The number of hydrogen-bond acceptors (Lipinski definition) is 3. The Morgan fingerprint density at radius 1 is 0.926 bits per heavy atom. The predicted octanol–water partition coefficient (Wildman–Crippen LogP) is 3.87. The smallest absolute Gasteiger partial charge is 0.262 e. The van der Waals surface area contributed by atoms with E-state index in [2.05, 4.69) is 5.32 Å². The van der Waals surface area contributed by atoms with Crippen molar-refractivity contribution < 1.29 is 14.4 Å². The molecule has 2 aromatic rings. The van der Waals surface area contributed by atoms with Gasteiger partial charge in [0.2, 0.25) is 5.91 Å². The van der Waals surface area contributed by atoms with Gasteiger partial charge in [-0.15, -0.1) is 0 Å². The van der Waals surface area contributed by atoms with Crippen LogP contribution in [-0.4, -0.2) is 28.7 Å². The number of imide groups is 1. The Morgan fingerprint density at radius 2 is 1.41 bits per heavy atom. The standard InChI is InChI=1S/C22H24N2O3/c1-12(2)19(20(25)23-18-14(4)10-13(3)11-15(18)5)24-21(26)16-8-6-7-9-17(16)22(24)27/h6-12,19H,1-5H3,(H,23,25)/t19-/m0/s1. The number of aryl methyl sites for hydroxylation is 3. The zero-order valence-corrected chi connectivity index (χ0v) is 16.3. The lowest BCUT2D eigenvalue weighted by molar-refractivity contribution is -0.121. The highest BCUT2D eigenvalue weighted by atomic mass is 16.2. The van der Waals surface area contributed by atoms with E-state index in [0.29, 0.717) is 11.1 Å². The molecule has 5 heteroatoms. The molecule has 0 unspecified atom stereocenters. The fraction of sp³-hybridized carbons (Fsp3) is 0.318. The molecule has 0 aliphatic carbocycles. The van der Waals surface area contributed by atoms with Crippen molar-refractivity contribution in [2.45, 2.75) is 40.7 Å². The molecule has 3 rings (SSSR count). The normalized spacial score (nSPS) is 14.5. The maximum atomic E-state index is 13.1. The molecule has 3 amide bonds. The summed E-state index contributed by atoms with van der Waals surface area (Å²) in [5.41, 5.74) is 4.44. The number of carbonyl (C=O) groups is 3. The Labute approximate surface area is 159 Å². The van der Waals surface area contributed by atoms with Crippen LogP contribution in [0.2, 0.25) is 0 Å². The molecule has 0 spiro atoms. The zero-order chi connectivity index (χ0) is 19.9. The average Bonchev–Trinajstić information content (AvgIpc) is 2.84. The summed E-state index contributed by atoms with van der Waals surface area (Å²) in [5.74, 6) is -1.41. The van der Waals surface area contributed by atoms with Gasteiger partial charge in [0.1, 0.15) is 6.04 Å². The van der Waals surface area contributed by atoms with Crippen molar-refractivity contribution >= 4 is 23.4 Å². The monoisotopic (exact) mass is 364 g/mol. The molecule has 0 radical (unpaired) electrons. The molecular weight excluding hydrogens is 340 g/mol. The first-order valence-electron chi connectivity index (χ1n) is 9.08. The van der Waals surface area contributed by atoms with E-state index in [0.717, 1.165) is 27.3 Å². The lowest BCUT2D eigenvalue weighted by atomic mass is 10.00. The number of rotatable bonds is 4. The van der Waals surface area contributed by atoms with Gasteiger partial charge in [0, 0.05) is 5.69 Å². The van der Waals surface area contributed by atoms with Gasteiger partial charge in [0.05, 0.1) is 11.1 Å². The van der Waals surface area contributed by atoms with E-state index in [1.807, 2.05) is 46.8 Å². The second kappa shape index (κ2) is 6.99. The van der Waals surface area contributed by atoms with Crippen molar-refractivity contribution in [3.63, 3.8) is 0 Å². The van der Waals surface area contributed by atoms with E-state index in [9.17, 15) is 14.4 Å². The van der Waals surface area contributed by atoms with Gasteiger partial charge >= 0.3 is 0 Å². The summed E-state index contributed by atoms with van der Waals surface area (Å²) in [6.45, 7) is 9.54. The van der Waals surface area contributed by atoms with Crippen LogP contribution in [0.3, 0.4) is 0 Å². The zero-order valence-electron chi connectivity index (χ0n) is 16.3. The van der Waals surface area contributed by atoms with Gasteiger partial charge in [-0.25, -0.2) is 0 Å². The second-order valence-electron chi connectivity index (χ2n) is 7.48. The van der Waals surface area contributed by atoms with Crippen molar-refractivity contribution in [2.75, 3.05) is 5.32 Å². The minimum atomic E-state index is -0.877. The largest absolute Gasteiger partial charge is 0.324 e. The quantitative estimate of drug-likeness (QED) is 0.838. The summed E-state index contributed by atoms with van der Waals surface area (Å²) in [6, 6.07) is 9.80. The molecule has 1 heterocycles. The molecule has 27 heavy (non-hydrogen) atoms. The van der Waals surface area contributed by atoms with Crippen molar-refractivity contribution in [3.05, 3.63) is 64.2 Å². The van der Waals surface area contributed by atoms with Gasteiger partial charge in [-0.05, 0) is 49.9 Å². The number of anilines is 1. The highest BCUT2D eigenvalue weighted by molar-refractivity contribution is 6.23. The van der Waals surface area contributed by atoms with E-state index in [-0.39, 0.29) is 11.8 Å². The molecule has 0 saturated heterocycles. The highest BCUT2D eigenvalue weighted by Crippen LogP contribution is 2.29. The van der Waals surface area contributed by atoms with Crippen LogP contribution in [0.1, 0.15) is 51.3 Å². The molecule has 1 aliphatic rings. The molecule has 5 nitrogen and oxygen atoms in total. The van der Waals surface area contributed by atoms with Gasteiger partial charge in [-0.2, -0.15) is 0 Å². The van der Waals surface area contributed by atoms with Gasteiger partial charge < -0.3 is 5.32 Å². The van der Waals surface area contributed by atoms with Crippen LogP contribution in [0.15, 0.2) is 36.4 Å². The van der Waals surface area contributed by atoms with Crippen molar-refractivity contribution in [3.8, 4) is 0 Å². The van der Waals surface area contributed by atoms with Crippen LogP contribution in [0.5, 0.6) is 0 Å². The van der Waals surface area contributed by atoms with Crippen LogP contribution in [0.25, 0.3) is 0 Å². The summed E-state index contributed by atoms with van der Waals surface area (Å²) in [5, 5.41) is 2.95. The Morgan fingerprint density at radius 3 is 1.85 bits per heavy atom. The van der Waals surface area contributed by atoms with Crippen LogP contribution >= 0.6 is 0 Å². The Bertz CT molecular complexity index is 888. The van der Waals surface area contributed by atoms with Crippen LogP contribution in [0.4, 0.5) is 5.69 Å². The molecule has 140 valence electrons. The fourth-order valence-electron chi connectivity index (χ4n) is 3.75. The van der Waals surface area contributed by atoms with Gasteiger partial charge in [-0.3, -0.25) is 19.3 Å². The fourth-order valence-corrected chi connectivity index (χ4v) is 3.75. The van der Waals surface area contributed by atoms with E-state index in [1.54, 1.807) is 24.3 Å². The van der Waals surface area contributed by atoms with Crippen LogP contribution < -0.4 is 5.32 Å². The van der Waals surface area contributed by atoms with Crippen molar-refractivity contribution in [1.29, 1.82) is 0 Å². The van der Waals surface area contributed by atoms with Gasteiger partial charge in [-0.1, -0.05) is 43.7 Å². The first-order chi connectivity index (χ1) is 12.7. The number of benzene rings is 2.